The van der Waals surface area contributed by atoms with Crippen LogP contribution < -0.4 is 9.64 Å². The van der Waals surface area contributed by atoms with Gasteiger partial charge in [0, 0.05) is 32.7 Å². The minimum Gasteiger partial charge on any atom is -0.494 e. The van der Waals surface area contributed by atoms with E-state index in [2.05, 4.69) is 4.90 Å². The standard InChI is InChI=1S/C24H26FN3O4/c1-2-32-20-8-6-17(7-9-20)21-22(27-12-10-26(11-13-27)14-15-29)24(31)28(23(21)30)19-5-3-4-18(25)16-19/h3-9,16,29H,2,10-15H2,1H3. The molecule has 2 aliphatic heterocycles. The van der Waals surface area contributed by atoms with Crippen molar-refractivity contribution in [3.8, 4) is 5.75 Å². The Morgan fingerprint density at radius 3 is 2.34 bits per heavy atom. The number of amides is 2. The molecule has 2 aliphatic rings. The predicted molar refractivity (Wildman–Crippen MR) is 119 cm³/mol. The third-order valence-electron chi connectivity index (χ3n) is 5.68. The van der Waals surface area contributed by atoms with Crippen molar-refractivity contribution in [3.63, 3.8) is 0 Å². The first kappa shape index (κ1) is 22.0. The van der Waals surface area contributed by atoms with Crippen LogP contribution in [-0.4, -0.2) is 72.7 Å². The van der Waals surface area contributed by atoms with Crippen molar-refractivity contribution in [2.24, 2.45) is 0 Å². The molecule has 168 valence electrons. The Bertz CT molecular complexity index is 1030. The number of aliphatic hydroxyl groups excluding tert-OH is 1. The molecule has 2 amide bonds. The van der Waals surface area contributed by atoms with Crippen molar-refractivity contribution in [2.75, 3.05) is 50.8 Å². The Morgan fingerprint density at radius 1 is 1.00 bits per heavy atom. The third kappa shape index (κ3) is 4.24. The van der Waals surface area contributed by atoms with E-state index in [1.807, 2.05) is 11.8 Å². The number of aliphatic hydroxyl groups is 1. The van der Waals surface area contributed by atoms with E-state index < -0.39 is 17.6 Å². The molecule has 4 rings (SSSR count). The van der Waals surface area contributed by atoms with E-state index >= 15 is 0 Å². The largest absolute Gasteiger partial charge is 0.494 e. The molecule has 0 aliphatic carbocycles. The number of β-amino-alcohol motifs (C(OH)–C–C–N with tert-alkyl or cyclic N) is 1. The smallest absolute Gasteiger partial charge is 0.282 e. The van der Waals surface area contributed by atoms with Gasteiger partial charge in [-0.2, -0.15) is 0 Å². The van der Waals surface area contributed by atoms with Crippen LogP contribution in [0.1, 0.15) is 12.5 Å². The zero-order chi connectivity index (χ0) is 22.7. The van der Waals surface area contributed by atoms with Gasteiger partial charge in [0.25, 0.3) is 11.8 Å². The summed E-state index contributed by atoms with van der Waals surface area (Å²) in [6, 6.07) is 12.6. The van der Waals surface area contributed by atoms with Gasteiger partial charge in [0.05, 0.1) is 24.5 Å². The Labute approximate surface area is 186 Å². The molecule has 0 radical (unpaired) electrons. The van der Waals surface area contributed by atoms with Crippen molar-refractivity contribution in [2.45, 2.75) is 6.92 Å². The van der Waals surface area contributed by atoms with Crippen LogP contribution in [0.25, 0.3) is 5.57 Å². The van der Waals surface area contributed by atoms with Gasteiger partial charge in [-0.25, -0.2) is 9.29 Å². The van der Waals surface area contributed by atoms with E-state index in [4.69, 9.17) is 4.74 Å². The fourth-order valence-corrected chi connectivity index (χ4v) is 4.14. The van der Waals surface area contributed by atoms with E-state index in [-0.39, 0.29) is 12.3 Å². The Balaban J connectivity index is 1.72. The fourth-order valence-electron chi connectivity index (χ4n) is 4.14. The number of piperazine rings is 1. The van der Waals surface area contributed by atoms with Gasteiger partial charge in [-0.1, -0.05) is 18.2 Å². The topological polar surface area (TPSA) is 73.3 Å². The second-order valence-corrected chi connectivity index (χ2v) is 7.66. The summed E-state index contributed by atoms with van der Waals surface area (Å²) < 4.78 is 19.4. The summed E-state index contributed by atoms with van der Waals surface area (Å²) >= 11 is 0. The van der Waals surface area contributed by atoms with Crippen molar-refractivity contribution < 1.29 is 23.8 Å². The third-order valence-corrected chi connectivity index (χ3v) is 5.68. The molecule has 0 unspecified atom stereocenters. The summed E-state index contributed by atoms with van der Waals surface area (Å²) in [4.78, 5) is 32.0. The lowest BCUT2D eigenvalue weighted by atomic mass is 10.0. The van der Waals surface area contributed by atoms with Gasteiger partial charge in [-0.15, -0.1) is 0 Å². The molecule has 0 atom stereocenters. The lowest BCUT2D eigenvalue weighted by Gasteiger charge is -2.36. The first-order valence-electron chi connectivity index (χ1n) is 10.7. The van der Waals surface area contributed by atoms with Crippen molar-refractivity contribution in [3.05, 3.63) is 65.6 Å². The van der Waals surface area contributed by atoms with Crippen LogP contribution in [0.15, 0.2) is 54.2 Å². The Hall–Kier alpha value is -3.23. The average molecular weight is 439 g/mol. The van der Waals surface area contributed by atoms with Crippen LogP contribution in [0.3, 0.4) is 0 Å². The average Bonchev–Trinajstić information content (AvgIpc) is 3.05. The van der Waals surface area contributed by atoms with E-state index in [1.165, 1.54) is 18.2 Å². The molecular formula is C24H26FN3O4. The zero-order valence-corrected chi connectivity index (χ0v) is 18.0. The minimum atomic E-state index is -0.517. The monoisotopic (exact) mass is 439 g/mol. The molecule has 2 aromatic rings. The summed E-state index contributed by atoms with van der Waals surface area (Å²) in [5, 5.41) is 9.20. The minimum absolute atomic E-state index is 0.0743. The number of benzene rings is 2. The SMILES string of the molecule is CCOc1ccc(C2=C(N3CCN(CCO)CC3)C(=O)N(c3cccc(F)c3)C2=O)cc1. The number of ether oxygens (including phenoxy) is 1. The number of nitrogens with zero attached hydrogens (tertiary/aromatic N) is 3. The molecule has 0 bridgehead atoms. The van der Waals surface area contributed by atoms with E-state index in [1.54, 1.807) is 30.3 Å². The first-order valence-corrected chi connectivity index (χ1v) is 10.7. The fraction of sp³-hybridized carbons (Fsp3) is 0.333. The second-order valence-electron chi connectivity index (χ2n) is 7.66. The molecule has 32 heavy (non-hydrogen) atoms. The molecule has 8 heteroatoms. The highest BCUT2D eigenvalue weighted by Gasteiger charge is 2.43. The first-order chi connectivity index (χ1) is 15.5. The van der Waals surface area contributed by atoms with E-state index in [0.717, 1.165) is 4.90 Å². The van der Waals surface area contributed by atoms with Gasteiger partial charge in [-0.05, 0) is 42.8 Å². The van der Waals surface area contributed by atoms with Gasteiger partial charge >= 0.3 is 0 Å². The van der Waals surface area contributed by atoms with Crippen LogP contribution in [-0.2, 0) is 9.59 Å². The number of anilines is 1. The molecule has 7 nitrogen and oxygen atoms in total. The number of carbonyl (C=O) groups is 2. The highest BCUT2D eigenvalue weighted by molar-refractivity contribution is 6.45. The highest BCUT2D eigenvalue weighted by atomic mass is 19.1. The summed E-state index contributed by atoms with van der Waals surface area (Å²) in [6.07, 6.45) is 0. The quantitative estimate of drug-likeness (QED) is 0.667. The van der Waals surface area contributed by atoms with Crippen LogP contribution in [0, 0.1) is 5.82 Å². The lowest BCUT2D eigenvalue weighted by molar-refractivity contribution is -0.120. The molecule has 1 fully saturated rings. The molecule has 0 aromatic heterocycles. The summed E-state index contributed by atoms with van der Waals surface area (Å²) in [5.41, 5.74) is 1.45. The molecular weight excluding hydrogens is 413 g/mol. The van der Waals surface area contributed by atoms with Crippen LogP contribution in [0.5, 0.6) is 5.75 Å². The van der Waals surface area contributed by atoms with Gasteiger partial charge in [-0.3, -0.25) is 14.5 Å². The van der Waals surface area contributed by atoms with Gasteiger partial charge in [0.2, 0.25) is 0 Å². The van der Waals surface area contributed by atoms with E-state index in [9.17, 15) is 19.1 Å². The maximum atomic E-state index is 13.9. The Kier molecular flexibility index (Phi) is 6.53. The number of imide groups is 1. The van der Waals surface area contributed by atoms with Crippen LogP contribution in [0.4, 0.5) is 10.1 Å². The van der Waals surface area contributed by atoms with E-state index in [0.29, 0.717) is 61.9 Å². The second kappa shape index (κ2) is 9.50. The molecule has 1 N–H and O–H groups in total. The van der Waals surface area contributed by atoms with Gasteiger partial charge in [0.1, 0.15) is 17.3 Å². The number of hydrogen-bond acceptors (Lipinski definition) is 6. The highest BCUT2D eigenvalue weighted by Crippen LogP contribution is 2.35. The number of carbonyl (C=O) groups excluding carboxylic acids is 2. The molecule has 2 aromatic carbocycles. The summed E-state index contributed by atoms with van der Waals surface area (Å²) in [5.74, 6) is -0.774. The van der Waals surface area contributed by atoms with Crippen LogP contribution in [0.2, 0.25) is 0 Å². The molecule has 0 spiro atoms. The van der Waals surface area contributed by atoms with Crippen molar-refractivity contribution >= 4 is 23.1 Å². The zero-order valence-electron chi connectivity index (χ0n) is 18.0. The van der Waals surface area contributed by atoms with Gasteiger partial charge in [0.15, 0.2) is 0 Å². The van der Waals surface area contributed by atoms with Crippen LogP contribution >= 0.6 is 0 Å². The molecule has 2 heterocycles. The number of rotatable bonds is 7. The maximum Gasteiger partial charge on any atom is 0.282 e. The van der Waals surface area contributed by atoms with Crippen molar-refractivity contribution in [1.82, 2.24) is 9.80 Å². The van der Waals surface area contributed by atoms with Crippen molar-refractivity contribution in [1.29, 1.82) is 0 Å². The normalized spacial score (nSPS) is 17.5. The molecule has 1 saturated heterocycles. The van der Waals surface area contributed by atoms with Gasteiger partial charge < -0.3 is 14.7 Å². The summed E-state index contributed by atoms with van der Waals surface area (Å²) in [7, 11) is 0. The number of hydrogen-bond donors (Lipinski definition) is 1. The summed E-state index contributed by atoms with van der Waals surface area (Å²) in [6.45, 7) is 5.49. The lowest BCUT2D eigenvalue weighted by Crippen LogP contribution is -2.48. The number of halogens is 1. The predicted octanol–water partition coefficient (Wildman–Crippen LogP) is 2.12. The maximum absolute atomic E-state index is 13.9. The molecule has 0 saturated carbocycles. The Morgan fingerprint density at radius 2 is 1.72 bits per heavy atom.